The van der Waals surface area contributed by atoms with E-state index in [4.69, 9.17) is 14.2 Å². The summed E-state index contributed by atoms with van der Waals surface area (Å²) in [4.78, 5) is 51.3. The lowest BCUT2D eigenvalue weighted by atomic mass is 9.85. The summed E-state index contributed by atoms with van der Waals surface area (Å²) in [5, 5.41) is 120. The van der Waals surface area contributed by atoms with Crippen LogP contribution in [-0.4, -0.2) is 256 Å². The number of carbonyl (C=O) groups excluding carboxylic acids is 4. The zero-order valence-electron chi connectivity index (χ0n) is 53.4. The van der Waals surface area contributed by atoms with Crippen molar-refractivity contribution in [3.05, 3.63) is 35.7 Å². The van der Waals surface area contributed by atoms with E-state index in [9.17, 15) is 65.1 Å². The fourth-order valence-corrected chi connectivity index (χ4v) is 12.6. The van der Waals surface area contributed by atoms with Crippen molar-refractivity contribution in [3.63, 3.8) is 0 Å². The maximum absolute atomic E-state index is 14.0. The molecular formula is C59H106N12O16S4. The van der Waals surface area contributed by atoms with Crippen LogP contribution in [0.5, 0.6) is 0 Å². The van der Waals surface area contributed by atoms with Gasteiger partial charge in [-0.05, 0) is 48.7 Å². The first kappa shape index (κ1) is 81.7. The number of aryl methyl sites for hydroxylation is 3. The predicted octanol–water partition coefficient (Wildman–Crippen LogP) is 1.44. The number of thioether (sulfide) groups is 4. The summed E-state index contributed by atoms with van der Waals surface area (Å²) in [6, 6.07) is 0. The molecule has 0 atom stereocenters. The summed E-state index contributed by atoms with van der Waals surface area (Å²) >= 11 is 6.47. The second-order valence-corrected chi connectivity index (χ2v) is 28.1. The monoisotopic (exact) mass is 1370 g/mol. The van der Waals surface area contributed by atoms with Gasteiger partial charge < -0.3 is 76.1 Å². The summed E-state index contributed by atoms with van der Waals surface area (Å²) in [5.74, 6) is 4.19. The highest BCUT2D eigenvalue weighted by Gasteiger charge is 2.35. The Balaban J connectivity index is 1.68. The molecule has 0 spiro atoms. The molecule has 3 aromatic heterocycles. The Labute approximate surface area is 553 Å². The van der Waals surface area contributed by atoms with Gasteiger partial charge in [0.15, 0.2) is 0 Å². The van der Waals surface area contributed by atoms with E-state index < -0.39 is 81.5 Å². The van der Waals surface area contributed by atoms with Crippen molar-refractivity contribution in [1.29, 1.82) is 0 Å². The number of hydrogen-bond donors (Lipinski definition) is 12. The zero-order valence-corrected chi connectivity index (χ0v) is 56.7. The number of nitrogens with one attached hydrogen (secondary N) is 3. The molecule has 91 heavy (non-hydrogen) atoms. The molecule has 522 valence electrons. The molecule has 0 bridgehead atoms. The lowest BCUT2D eigenvalue weighted by Crippen LogP contribution is -2.58. The van der Waals surface area contributed by atoms with Gasteiger partial charge in [-0.3, -0.25) is 33.2 Å². The van der Waals surface area contributed by atoms with E-state index in [1.807, 2.05) is 0 Å². The zero-order chi connectivity index (χ0) is 66.3. The maximum atomic E-state index is 14.0. The standard InChI is InChI=1S/C59H106N12O16S4/c1-2-3-4-5-6-7-8-9-10-11-22-88-27-18-55(84)62-59(46-85-34-49-31-69(66-63-49)19-12-23-89-26-15-52(81)30-56(37-72,38-73)39-74,47-86-35-50-32-70(67-64-50)20-13-24-90-28-16-53(82)60-57(40-75,41-76)42-77)48-87-36-51-33-71(68-65-51)21-14-25-91-29-17-54(83)61-58(43-78,44-79)45-80/h31-33,72-80H,2-30,34-48H2,1H3,(H,60,82)(H,61,83)(H,62,84). The van der Waals surface area contributed by atoms with E-state index >= 15 is 0 Å². The molecule has 0 aliphatic rings. The third-order valence-corrected chi connectivity index (χ3v) is 19.1. The molecule has 0 aromatic carbocycles. The predicted molar refractivity (Wildman–Crippen MR) is 351 cm³/mol. The minimum absolute atomic E-state index is 0.0445. The summed E-state index contributed by atoms with van der Waals surface area (Å²) in [5.41, 5.74) is -3.72. The number of unbranched alkanes of at least 4 members (excludes halogenated alkanes) is 9. The molecule has 3 aromatic rings. The molecular weight excluding hydrogens is 1260 g/mol. The molecule has 0 aliphatic carbocycles. The van der Waals surface area contributed by atoms with Gasteiger partial charge >= 0.3 is 0 Å². The van der Waals surface area contributed by atoms with E-state index in [0.29, 0.717) is 71.2 Å². The number of hydrogen-bond acceptors (Lipinski definition) is 26. The molecule has 3 amide bonds. The second-order valence-electron chi connectivity index (χ2n) is 23.2. The van der Waals surface area contributed by atoms with Crippen molar-refractivity contribution >= 4 is 70.6 Å². The van der Waals surface area contributed by atoms with Gasteiger partial charge in [0.1, 0.15) is 39.5 Å². The fraction of sp³-hybridized carbons (Fsp3) is 0.831. The second kappa shape index (κ2) is 49.0. The first-order valence-corrected chi connectivity index (χ1v) is 36.4. The van der Waals surface area contributed by atoms with Crippen molar-refractivity contribution in [2.75, 3.05) is 125 Å². The Hall–Kier alpha value is -3.58. The summed E-state index contributed by atoms with van der Waals surface area (Å²) in [7, 11) is 0. The van der Waals surface area contributed by atoms with E-state index in [2.05, 4.69) is 53.8 Å². The number of Topliss-reactive ketones (excluding diaryl/α,β-unsaturated/α-hetero) is 1. The number of carbonyl (C=O) groups is 4. The molecule has 0 radical (unpaired) electrons. The van der Waals surface area contributed by atoms with E-state index in [1.54, 1.807) is 79.7 Å². The number of nitrogens with zero attached hydrogens (tertiary/aromatic N) is 9. The van der Waals surface area contributed by atoms with Gasteiger partial charge in [-0.15, -0.1) is 15.3 Å². The number of ether oxygens (including phenoxy) is 3. The van der Waals surface area contributed by atoms with Crippen LogP contribution in [0, 0.1) is 5.41 Å². The van der Waals surface area contributed by atoms with E-state index in [-0.39, 0.29) is 95.3 Å². The Kier molecular flexibility index (Phi) is 44.0. The van der Waals surface area contributed by atoms with Crippen LogP contribution in [-0.2, 0) is 72.8 Å². The number of aliphatic hydroxyl groups is 9. The Morgan fingerprint density at radius 3 is 1.04 bits per heavy atom. The molecule has 0 aliphatic heterocycles. The lowest BCUT2D eigenvalue weighted by Gasteiger charge is -2.34. The highest BCUT2D eigenvalue weighted by molar-refractivity contribution is 7.99. The first-order chi connectivity index (χ1) is 44.2. The Morgan fingerprint density at radius 1 is 0.407 bits per heavy atom. The van der Waals surface area contributed by atoms with Gasteiger partial charge in [0, 0.05) is 80.2 Å². The van der Waals surface area contributed by atoms with Crippen molar-refractivity contribution in [3.8, 4) is 0 Å². The SMILES string of the molecule is CCCCCCCCCCCCSCCC(=O)NC(COCc1cn(CCCSCCC(=O)CC(CO)(CO)CO)nn1)(COCc1cn(CCCSCCC(=O)NC(CO)(CO)CO)nn1)COCc1cn(CCCSCCC(=O)NC(CO)(CO)CO)nn1. The molecule has 32 heteroatoms. The van der Waals surface area contributed by atoms with E-state index in [1.165, 1.54) is 57.8 Å². The van der Waals surface area contributed by atoms with Crippen LogP contribution in [0.3, 0.4) is 0 Å². The quantitative estimate of drug-likeness (QED) is 0.0356. The van der Waals surface area contributed by atoms with Gasteiger partial charge in [0.2, 0.25) is 17.7 Å². The third-order valence-electron chi connectivity index (χ3n) is 14.9. The van der Waals surface area contributed by atoms with Crippen molar-refractivity contribution in [1.82, 2.24) is 60.9 Å². The van der Waals surface area contributed by atoms with Gasteiger partial charge in [0.05, 0.1) is 118 Å². The average molecular weight is 1370 g/mol. The van der Waals surface area contributed by atoms with Crippen LogP contribution in [0.1, 0.15) is 140 Å². The minimum Gasteiger partial charge on any atom is -0.396 e. The van der Waals surface area contributed by atoms with Crippen LogP contribution >= 0.6 is 47.0 Å². The summed E-state index contributed by atoms with van der Waals surface area (Å²) in [6.07, 6.45) is 20.7. The van der Waals surface area contributed by atoms with Crippen LogP contribution in [0.15, 0.2) is 18.6 Å². The lowest BCUT2D eigenvalue weighted by molar-refractivity contribution is -0.128. The number of amides is 3. The van der Waals surface area contributed by atoms with Crippen molar-refractivity contribution in [2.45, 2.75) is 179 Å². The average Bonchev–Trinajstić information content (AvgIpc) is 2.82. The van der Waals surface area contributed by atoms with Crippen molar-refractivity contribution in [2.24, 2.45) is 5.41 Å². The molecule has 3 rings (SSSR count). The molecule has 0 unspecified atom stereocenters. The number of aliphatic hydroxyl groups excluding tert-OH is 9. The van der Waals surface area contributed by atoms with Crippen LogP contribution in [0.25, 0.3) is 0 Å². The first-order valence-electron chi connectivity index (χ1n) is 31.8. The number of rotatable bonds is 61. The minimum atomic E-state index is -1.47. The fourth-order valence-electron chi connectivity index (χ4n) is 9.03. The molecule has 3 heterocycles. The maximum Gasteiger partial charge on any atom is 0.221 e. The molecule has 0 fully saturated rings. The Morgan fingerprint density at radius 2 is 0.714 bits per heavy atom. The molecule has 0 saturated heterocycles. The summed E-state index contributed by atoms with van der Waals surface area (Å²) in [6.45, 7) is -1.11. The van der Waals surface area contributed by atoms with Crippen LogP contribution in [0.4, 0.5) is 0 Å². The van der Waals surface area contributed by atoms with Crippen LogP contribution in [0.2, 0.25) is 0 Å². The van der Waals surface area contributed by atoms with Gasteiger partial charge in [0.25, 0.3) is 0 Å². The smallest absolute Gasteiger partial charge is 0.221 e. The Bertz CT molecular complexity index is 2140. The van der Waals surface area contributed by atoms with Gasteiger partial charge in [-0.2, -0.15) is 47.0 Å². The molecule has 0 saturated carbocycles. The topological polar surface area (TPSA) is 406 Å². The number of ketones is 1. The van der Waals surface area contributed by atoms with Crippen molar-refractivity contribution < 1.29 is 79.3 Å². The van der Waals surface area contributed by atoms with Gasteiger partial charge in [-0.25, -0.2) is 0 Å². The highest BCUT2D eigenvalue weighted by atomic mass is 32.2. The third kappa shape index (κ3) is 34.6. The number of aromatic nitrogens is 9. The summed E-state index contributed by atoms with van der Waals surface area (Å²) < 4.78 is 24.2. The van der Waals surface area contributed by atoms with Gasteiger partial charge in [-0.1, -0.05) is 80.4 Å². The van der Waals surface area contributed by atoms with Crippen LogP contribution < -0.4 is 16.0 Å². The normalized spacial score (nSPS) is 12.3. The molecule has 12 N–H and O–H groups in total. The molecule has 28 nitrogen and oxygen atoms in total. The highest BCUT2D eigenvalue weighted by Crippen LogP contribution is 2.23. The largest absolute Gasteiger partial charge is 0.396 e. The van der Waals surface area contributed by atoms with E-state index in [0.717, 1.165) is 37.2 Å².